The molecule has 196 valence electrons. The molecular formula is C25H33N3O6S2. The maximum atomic E-state index is 13.2. The maximum absolute atomic E-state index is 13.2. The standard InChI is InChI=1S/C25H33N3O6S2/c1-19-12-16-27(17-13-19)25(29)23-18-22(10-11-24(23)34-2)35(30,31)26-20-6-8-21(9-7-20)36(32,33)28-14-4-3-5-15-28/h6-11,18-19,26H,3-5,12-17H2,1-2H3. The molecule has 2 aromatic rings. The van der Waals surface area contributed by atoms with Gasteiger partial charge in [-0.15, -0.1) is 0 Å². The van der Waals surface area contributed by atoms with E-state index < -0.39 is 20.0 Å². The molecule has 2 aliphatic rings. The summed E-state index contributed by atoms with van der Waals surface area (Å²) in [5.41, 5.74) is 0.416. The fourth-order valence-corrected chi connectivity index (χ4v) is 7.17. The van der Waals surface area contributed by atoms with E-state index in [2.05, 4.69) is 11.6 Å². The Bertz CT molecular complexity index is 1300. The molecule has 1 N–H and O–H groups in total. The fourth-order valence-electron chi connectivity index (χ4n) is 4.57. The summed E-state index contributed by atoms with van der Waals surface area (Å²) in [5, 5.41) is 0. The lowest BCUT2D eigenvalue weighted by atomic mass is 9.98. The van der Waals surface area contributed by atoms with Crippen LogP contribution in [0.5, 0.6) is 5.75 Å². The van der Waals surface area contributed by atoms with Gasteiger partial charge >= 0.3 is 0 Å². The molecule has 0 bridgehead atoms. The van der Waals surface area contributed by atoms with Crippen molar-refractivity contribution in [2.24, 2.45) is 5.92 Å². The SMILES string of the molecule is COc1ccc(S(=O)(=O)Nc2ccc(S(=O)(=O)N3CCCCC3)cc2)cc1C(=O)N1CCC(C)CC1. The van der Waals surface area contributed by atoms with Crippen molar-refractivity contribution in [3.63, 3.8) is 0 Å². The van der Waals surface area contributed by atoms with Crippen molar-refractivity contribution in [2.75, 3.05) is 38.0 Å². The minimum absolute atomic E-state index is 0.0814. The third-order valence-electron chi connectivity index (χ3n) is 6.84. The van der Waals surface area contributed by atoms with E-state index in [-0.39, 0.29) is 26.9 Å². The van der Waals surface area contributed by atoms with E-state index >= 15 is 0 Å². The molecule has 0 spiro atoms. The lowest BCUT2D eigenvalue weighted by Gasteiger charge is -2.30. The summed E-state index contributed by atoms with van der Waals surface area (Å²) < 4.78 is 61.2. The number of hydrogen-bond acceptors (Lipinski definition) is 6. The van der Waals surface area contributed by atoms with Gasteiger partial charge in [0.25, 0.3) is 15.9 Å². The molecular weight excluding hydrogens is 502 g/mol. The molecule has 0 atom stereocenters. The van der Waals surface area contributed by atoms with E-state index in [1.54, 1.807) is 4.90 Å². The molecule has 0 aromatic heterocycles. The number of piperidine rings is 2. The summed E-state index contributed by atoms with van der Waals surface area (Å²) in [7, 11) is -6.21. The number of benzene rings is 2. The molecule has 9 nitrogen and oxygen atoms in total. The van der Waals surface area contributed by atoms with Gasteiger partial charge in [0.2, 0.25) is 10.0 Å². The summed E-state index contributed by atoms with van der Waals surface area (Å²) in [6.07, 6.45) is 4.48. The van der Waals surface area contributed by atoms with E-state index in [4.69, 9.17) is 4.74 Å². The highest BCUT2D eigenvalue weighted by Crippen LogP contribution is 2.28. The second kappa shape index (κ2) is 10.8. The predicted octanol–water partition coefficient (Wildman–Crippen LogP) is 3.54. The van der Waals surface area contributed by atoms with Crippen LogP contribution >= 0.6 is 0 Å². The van der Waals surface area contributed by atoms with Crippen LogP contribution in [0.4, 0.5) is 5.69 Å². The highest BCUT2D eigenvalue weighted by Gasteiger charge is 2.27. The Kier molecular flexibility index (Phi) is 7.91. The van der Waals surface area contributed by atoms with Crippen LogP contribution in [-0.2, 0) is 20.0 Å². The third-order valence-corrected chi connectivity index (χ3v) is 10.1. The number of carbonyl (C=O) groups is 1. The number of methoxy groups -OCH3 is 1. The van der Waals surface area contributed by atoms with Crippen molar-refractivity contribution in [2.45, 2.75) is 48.8 Å². The molecule has 2 aliphatic heterocycles. The Hall–Kier alpha value is -2.63. The van der Waals surface area contributed by atoms with Gasteiger partial charge in [0.05, 0.1) is 22.5 Å². The Morgan fingerprint density at radius 2 is 1.50 bits per heavy atom. The van der Waals surface area contributed by atoms with Gasteiger partial charge in [0.1, 0.15) is 5.75 Å². The first-order valence-corrected chi connectivity index (χ1v) is 15.1. The van der Waals surface area contributed by atoms with Crippen molar-refractivity contribution >= 4 is 31.6 Å². The van der Waals surface area contributed by atoms with Crippen LogP contribution in [0.25, 0.3) is 0 Å². The monoisotopic (exact) mass is 535 g/mol. The van der Waals surface area contributed by atoms with Crippen LogP contribution in [0, 0.1) is 5.92 Å². The van der Waals surface area contributed by atoms with Crippen LogP contribution in [0.3, 0.4) is 0 Å². The largest absolute Gasteiger partial charge is 0.496 e. The summed E-state index contributed by atoms with van der Waals surface area (Å²) in [6, 6.07) is 9.85. The number of nitrogens with one attached hydrogen (secondary N) is 1. The van der Waals surface area contributed by atoms with Crippen LogP contribution in [0.2, 0.25) is 0 Å². The van der Waals surface area contributed by atoms with Crippen molar-refractivity contribution in [1.29, 1.82) is 0 Å². The molecule has 2 heterocycles. The first kappa shape index (κ1) is 26.4. The number of hydrogen-bond donors (Lipinski definition) is 1. The lowest BCUT2D eigenvalue weighted by Crippen LogP contribution is -2.38. The summed E-state index contributed by atoms with van der Waals surface area (Å²) >= 11 is 0. The van der Waals surface area contributed by atoms with Gasteiger partial charge in [0.15, 0.2) is 0 Å². The average molecular weight is 536 g/mol. The zero-order chi connectivity index (χ0) is 25.9. The molecule has 1 amide bonds. The smallest absolute Gasteiger partial charge is 0.261 e. The van der Waals surface area contributed by atoms with Crippen LogP contribution in [0.15, 0.2) is 52.3 Å². The van der Waals surface area contributed by atoms with Gasteiger partial charge in [0, 0.05) is 31.9 Å². The Balaban J connectivity index is 1.53. The third kappa shape index (κ3) is 5.68. The fraction of sp³-hybridized carbons (Fsp3) is 0.480. The van der Waals surface area contributed by atoms with Crippen molar-refractivity contribution < 1.29 is 26.4 Å². The Morgan fingerprint density at radius 1 is 0.889 bits per heavy atom. The molecule has 0 radical (unpaired) electrons. The quantitative estimate of drug-likeness (QED) is 0.580. The molecule has 2 fully saturated rings. The zero-order valence-corrected chi connectivity index (χ0v) is 22.3. The topological polar surface area (TPSA) is 113 Å². The maximum Gasteiger partial charge on any atom is 0.261 e. The first-order valence-electron chi connectivity index (χ1n) is 12.2. The number of likely N-dealkylation sites (tertiary alicyclic amines) is 1. The number of rotatable bonds is 7. The lowest BCUT2D eigenvalue weighted by molar-refractivity contribution is 0.0693. The molecule has 2 aromatic carbocycles. The highest BCUT2D eigenvalue weighted by atomic mass is 32.2. The van der Waals surface area contributed by atoms with Crippen molar-refractivity contribution in [1.82, 2.24) is 9.21 Å². The average Bonchev–Trinajstić information content (AvgIpc) is 2.89. The van der Waals surface area contributed by atoms with E-state index in [1.165, 1.54) is 53.9 Å². The zero-order valence-electron chi connectivity index (χ0n) is 20.6. The minimum Gasteiger partial charge on any atom is -0.496 e. The van der Waals surface area contributed by atoms with Crippen LogP contribution < -0.4 is 9.46 Å². The first-order chi connectivity index (χ1) is 17.1. The number of ether oxygens (including phenoxy) is 1. The molecule has 0 saturated carbocycles. The normalized spacial score (nSPS) is 18.1. The number of anilines is 1. The van der Waals surface area contributed by atoms with Gasteiger partial charge in [-0.3, -0.25) is 9.52 Å². The minimum atomic E-state index is -4.04. The van der Waals surface area contributed by atoms with Crippen molar-refractivity contribution in [3.05, 3.63) is 48.0 Å². The molecule has 0 aliphatic carbocycles. The van der Waals surface area contributed by atoms with E-state index in [0.717, 1.165) is 32.1 Å². The Labute approximate surface area is 213 Å². The van der Waals surface area contributed by atoms with Gasteiger partial charge in [-0.05, 0) is 74.1 Å². The number of carbonyl (C=O) groups excluding carboxylic acids is 1. The van der Waals surface area contributed by atoms with E-state index in [9.17, 15) is 21.6 Å². The molecule has 2 saturated heterocycles. The van der Waals surface area contributed by atoms with Gasteiger partial charge in [-0.25, -0.2) is 16.8 Å². The van der Waals surface area contributed by atoms with Crippen LogP contribution in [0.1, 0.15) is 49.4 Å². The number of sulfonamides is 2. The summed E-state index contributed by atoms with van der Waals surface area (Å²) in [6.45, 7) is 4.37. The second-order valence-electron chi connectivity index (χ2n) is 9.43. The predicted molar refractivity (Wildman–Crippen MR) is 137 cm³/mol. The molecule has 11 heteroatoms. The van der Waals surface area contributed by atoms with Crippen LogP contribution in [-0.4, -0.2) is 65.2 Å². The number of amides is 1. The van der Waals surface area contributed by atoms with E-state index in [0.29, 0.717) is 37.8 Å². The van der Waals surface area contributed by atoms with E-state index in [1.807, 2.05) is 0 Å². The molecule has 4 rings (SSSR count). The van der Waals surface area contributed by atoms with Crippen molar-refractivity contribution in [3.8, 4) is 5.75 Å². The van der Waals surface area contributed by atoms with Gasteiger partial charge in [-0.2, -0.15) is 4.31 Å². The molecule has 0 unspecified atom stereocenters. The highest BCUT2D eigenvalue weighted by molar-refractivity contribution is 7.92. The summed E-state index contributed by atoms with van der Waals surface area (Å²) in [5.74, 6) is 0.598. The van der Waals surface area contributed by atoms with Gasteiger partial charge in [-0.1, -0.05) is 13.3 Å². The Morgan fingerprint density at radius 3 is 2.11 bits per heavy atom. The molecule has 36 heavy (non-hydrogen) atoms. The summed E-state index contributed by atoms with van der Waals surface area (Å²) in [4.78, 5) is 14.9. The second-order valence-corrected chi connectivity index (χ2v) is 13.1. The number of nitrogens with zero attached hydrogens (tertiary/aromatic N) is 2. The van der Waals surface area contributed by atoms with Gasteiger partial charge < -0.3 is 9.64 Å².